The molecule has 198 valence electrons. The summed E-state index contributed by atoms with van der Waals surface area (Å²) in [6.07, 6.45) is 2.59. The molecule has 0 unspecified atom stereocenters. The number of methoxy groups -OCH3 is 4. The highest BCUT2D eigenvalue weighted by molar-refractivity contribution is 8.00. The van der Waals surface area contributed by atoms with E-state index in [9.17, 15) is 4.79 Å². The quantitative estimate of drug-likeness (QED) is 0.243. The fourth-order valence-electron chi connectivity index (χ4n) is 3.68. The van der Waals surface area contributed by atoms with Gasteiger partial charge in [-0.15, -0.1) is 10.2 Å². The minimum atomic E-state index is -0.330. The van der Waals surface area contributed by atoms with Gasteiger partial charge >= 0.3 is 0 Å². The van der Waals surface area contributed by atoms with Crippen molar-refractivity contribution in [1.29, 1.82) is 0 Å². The van der Waals surface area contributed by atoms with Crippen LogP contribution in [0.1, 0.15) is 33.1 Å². The fraction of sp³-hybridized carbons (Fsp3) is 0.407. The van der Waals surface area contributed by atoms with Crippen molar-refractivity contribution in [3.8, 4) is 45.5 Å². The van der Waals surface area contributed by atoms with Crippen molar-refractivity contribution in [2.75, 3.05) is 35.0 Å². The number of ether oxygens (including phenoxy) is 4. The summed E-state index contributed by atoms with van der Waals surface area (Å²) in [5.41, 5.74) is 2.66. The number of nitrogens with zero attached hydrogens (tertiary/aromatic N) is 3. The Morgan fingerprint density at radius 2 is 1.41 bits per heavy atom. The molecule has 0 saturated carbocycles. The highest BCUT2D eigenvalue weighted by atomic mass is 32.2. The third-order valence-electron chi connectivity index (χ3n) is 5.72. The molecule has 9 nitrogen and oxygen atoms in total. The molecular formula is C27H34N4O5S. The number of hydrogen-bond acceptors (Lipinski definition) is 9. The van der Waals surface area contributed by atoms with Crippen LogP contribution in [0.2, 0.25) is 0 Å². The molecule has 0 radical (unpaired) electrons. The number of aromatic nitrogens is 3. The molecule has 0 aliphatic rings. The molecule has 0 aliphatic carbocycles. The van der Waals surface area contributed by atoms with Gasteiger partial charge in [-0.1, -0.05) is 32.0 Å². The van der Waals surface area contributed by atoms with Gasteiger partial charge in [-0.05, 0) is 49.2 Å². The Morgan fingerprint density at radius 1 is 0.838 bits per heavy atom. The molecule has 1 atom stereocenters. The van der Waals surface area contributed by atoms with E-state index in [4.69, 9.17) is 23.9 Å². The lowest BCUT2D eigenvalue weighted by Gasteiger charge is -2.16. The van der Waals surface area contributed by atoms with Crippen molar-refractivity contribution in [2.24, 2.45) is 0 Å². The van der Waals surface area contributed by atoms with E-state index in [1.54, 1.807) is 28.4 Å². The highest BCUT2D eigenvalue weighted by Crippen LogP contribution is 2.38. The maximum Gasteiger partial charge on any atom is 0.233 e. The van der Waals surface area contributed by atoms with Crippen molar-refractivity contribution in [3.05, 3.63) is 36.4 Å². The SMILES string of the molecule is CCCCNC(=O)[C@H](CC)Sc1nnc(-c2ccc(OC)c(OC)c2)c(-c2ccc(OC)c(OC)c2)n1. The Bertz CT molecular complexity index is 1210. The maximum absolute atomic E-state index is 12.7. The second kappa shape index (κ2) is 13.7. The molecule has 3 rings (SSSR count). The maximum atomic E-state index is 12.7. The molecule has 1 N–H and O–H groups in total. The van der Waals surface area contributed by atoms with E-state index in [-0.39, 0.29) is 11.2 Å². The second-order valence-electron chi connectivity index (χ2n) is 8.09. The van der Waals surface area contributed by atoms with Crippen LogP contribution in [0.4, 0.5) is 0 Å². The van der Waals surface area contributed by atoms with E-state index in [1.165, 1.54) is 11.8 Å². The van der Waals surface area contributed by atoms with Gasteiger partial charge < -0.3 is 24.3 Å². The van der Waals surface area contributed by atoms with Gasteiger partial charge in [0.2, 0.25) is 11.1 Å². The van der Waals surface area contributed by atoms with E-state index < -0.39 is 0 Å². The van der Waals surface area contributed by atoms with E-state index in [1.807, 2.05) is 43.3 Å². The van der Waals surface area contributed by atoms with E-state index in [2.05, 4.69) is 22.4 Å². The third-order valence-corrected chi connectivity index (χ3v) is 6.94. The summed E-state index contributed by atoms with van der Waals surface area (Å²) < 4.78 is 21.8. The molecule has 37 heavy (non-hydrogen) atoms. The van der Waals surface area contributed by atoms with Crippen LogP contribution < -0.4 is 24.3 Å². The van der Waals surface area contributed by atoms with Gasteiger partial charge in [0.05, 0.1) is 33.7 Å². The number of rotatable bonds is 13. The number of thioether (sulfide) groups is 1. The van der Waals surface area contributed by atoms with Gasteiger partial charge in [0.25, 0.3) is 0 Å². The first kappa shape index (κ1) is 28.0. The molecule has 0 aliphatic heterocycles. The highest BCUT2D eigenvalue weighted by Gasteiger charge is 2.22. The number of carbonyl (C=O) groups excluding carboxylic acids is 1. The van der Waals surface area contributed by atoms with Crippen molar-refractivity contribution in [1.82, 2.24) is 20.5 Å². The lowest BCUT2D eigenvalue weighted by atomic mass is 10.0. The predicted molar refractivity (Wildman–Crippen MR) is 145 cm³/mol. The Morgan fingerprint density at radius 3 is 1.92 bits per heavy atom. The largest absolute Gasteiger partial charge is 0.493 e. The average Bonchev–Trinajstić information content (AvgIpc) is 2.94. The number of unbranched alkanes of at least 4 members (excludes halogenated alkanes) is 1. The number of nitrogens with one attached hydrogen (secondary N) is 1. The summed E-state index contributed by atoms with van der Waals surface area (Å²) in [5, 5.41) is 12.0. The van der Waals surface area contributed by atoms with Crippen LogP contribution in [-0.4, -0.2) is 61.3 Å². The standard InChI is InChI=1S/C27H34N4O5S/c1-7-9-14-28-26(32)23(8-2)37-27-29-24(17-10-12-19(33-3)21(15-17)35-5)25(30-31-27)18-11-13-20(34-4)22(16-18)36-6/h10-13,15-16,23H,7-9,14H2,1-6H3,(H,28,32)/t23-/m0/s1. The number of hydrogen-bond donors (Lipinski definition) is 1. The molecule has 0 spiro atoms. The lowest BCUT2D eigenvalue weighted by Crippen LogP contribution is -2.33. The Labute approximate surface area is 222 Å². The van der Waals surface area contributed by atoms with Gasteiger partial charge in [0, 0.05) is 17.7 Å². The van der Waals surface area contributed by atoms with Crippen LogP contribution in [0.25, 0.3) is 22.5 Å². The van der Waals surface area contributed by atoms with Gasteiger partial charge in [-0.3, -0.25) is 4.79 Å². The Hall–Kier alpha value is -3.53. The summed E-state index contributed by atoms with van der Waals surface area (Å²) in [4.78, 5) is 17.6. The Kier molecular flexibility index (Phi) is 10.4. The van der Waals surface area contributed by atoms with Gasteiger partial charge in [-0.25, -0.2) is 4.98 Å². The molecule has 0 saturated heterocycles. The monoisotopic (exact) mass is 526 g/mol. The van der Waals surface area contributed by atoms with Gasteiger partial charge in [0.1, 0.15) is 11.4 Å². The molecule has 3 aromatic rings. The zero-order valence-electron chi connectivity index (χ0n) is 22.2. The topological polar surface area (TPSA) is 105 Å². The fourth-order valence-corrected chi connectivity index (χ4v) is 4.52. The van der Waals surface area contributed by atoms with Crippen LogP contribution in [0.3, 0.4) is 0 Å². The minimum absolute atomic E-state index is 0.0267. The second-order valence-corrected chi connectivity index (χ2v) is 9.26. The summed E-state index contributed by atoms with van der Waals surface area (Å²) in [6.45, 7) is 4.71. The number of carbonyl (C=O) groups is 1. The van der Waals surface area contributed by atoms with Crippen LogP contribution in [0.5, 0.6) is 23.0 Å². The van der Waals surface area contributed by atoms with Crippen molar-refractivity contribution in [2.45, 2.75) is 43.5 Å². The first-order valence-corrected chi connectivity index (χ1v) is 13.0. The summed E-state index contributed by atoms with van der Waals surface area (Å²) in [6, 6.07) is 11.1. The summed E-state index contributed by atoms with van der Waals surface area (Å²) >= 11 is 1.30. The van der Waals surface area contributed by atoms with E-state index in [0.717, 1.165) is 24.0 Å². The van der Waals surface area contributed by atoms with E-state index >= 15 is 0 Å². The molecule has 1 amide bonds. The van der Waals surface area contributed by atoms with Crippen molar-refractivity contribution < 1.29 is 23.7 Å². The molecule has 1 aromatic heterocycles. The van der Waals surface area contributed by atoms with Crippen LogP contribution >= 0.6 is 11.8 Å². The molecule has 10 heteroatoms. The molecule has 2 aromatic carbocycles. The predicted octanol–water partition coefficient (Wildman–Crippen LogP) is 5.03. The first-order valence-electron chi connectivity index (χ1n) is 12.1. The first-order chi connectivity index (χ1) is 18.0. The number of benzene rings is 2. The van der Waals surface area contributed by atoms with Crippen LogP contribution in [-0.2, 0) is 4.79 Å². The lowest BCUT2D eigenvalue weighted by molar-refractivity contribution is -0.120. The van der Waals surface area contributed by atoms with Crippen LogP contribution in [0, 0.1) is 0 Å². The normalized spacial score (nSPS) is 11.5. The zero-order valence-corrected chi connectivity index (χ0v) is 23.0. The van der Waals surface area contributed by atoms with Gasteiger partial charge in [0.15, 0.2) is 23.0 Å². The minimum Gasteiger partial charge on any atom is -0.493 e. The summed E-state index contributed by atoms with van der Waals surface area (Å²) in [5.74, 6) is 2.31. The van der Waals surface area contributed by atoms with Gasteiger partial charge in [-0.2, -0.15) is 0 Å². The third kappa shape index (κ3) is 6.82. The summed E-state index contributed by atoms with van der Waals surface area (Å²) in [7, 11) is 6.34. The van der Waals surface area contributed by atoms with Crippen molar-refractivity contribution in [3.63, 3.8) is 0 Å². The molecule has 0 fully saturated rings. The smallest absolute Gasteiger partial charge is 0.233 e. The molecular weight excluding hydrogens is 492 g/mol. The zero-order chi connectivity index (χ0) is 26.8. The van der Waals surface area contributed by atoms with E-state index in [0.29, 0.717) is 52.5 Å². The molecule has 0 bridgehead atoms. The average molecular weight is 527 g/mol. The number of amides is 1. The molecule has 1 heterocycles. The van der Waals surface area contributed by atoms with Crippen LogP contribution in [0.15, 0.2) is 41.6 Å². The van der Waals surface area contributed by atoms with Crippen molar-refractivity contribution >= 4 is 17.7 Å². The Balaban J connectivity index is 2.07.